The second-order valence-corrected chi connectivity index (χ2v) is 5.73. The second-order valence-electron chi connectivity index (χ2n) is 3.26. The number of nitrogens with zero attached hydrogens (tertiary/aromatic N) is 1. The van der Waals surface area contributed by atoms with Gasteiger partial charge >= 0.3 is 5.97 Å². The van der Waals surface area contributed by atoms with Crippen molar-refractivity contribution >= 4 is 35.2 Å². The van der Waals surface area contributed by atoms with Gasteiger partial charge in [0.2, 0.25) is 0 Å². The van der Waals surface area contributed by atoms with Gasteiger partial charge in [-0.15, -0.1) is 23.5 Å². The third-order valence-electron chi connectivity index (χ3n) is 2.27. The van der Waals surface area contributed by atoms with Crippen molar-refractivity contribution in [2.24, 2.45) is 5.16 Å². The van der Waals surface area contributed by atoms with Crippen LogP contribution in [-0.4, -0.2) is 28.2 Å². The molecule has 0 spiro atoms. The third-order valence-corrected chi connectivity index (χ3v) is 4.98. The SMILES string of the molecule is O=C1ON=C(c2ccc[nH]2)C1=C1SCCS1. The zero-order chi connectivity index (χ0) is 11.0. The molecule has 1 N–H and O–H groups in total. The van der Waals surface area contributed by atoms with Crippen LogP contribution in [0.5, 0.6) is 0 Å². The lowest BCUT2D eigenvalue weighted by Crippen LogP contribution is -2.08. The Bertz CT molecular complexity index is 483. The fourth-order valence-electron chi connectivity index (χ4n) is 1.57. The monoisotopic (exact) mass is 252 g/mol. The lowest BCUT2D eigenvalue weighted by atomic mass is 10.1. The molecule has 4 nitrogen and oxygen atoms in total. The molecule has 0 bridgehead atoms. The molecule has 1 fully saturated rings. The van der Waals surface area contributed by atoms with Gasteiger partial charge in [-0.3, -0.25) is 0 Å². The zero-order valence-electron chi connectivity index (χ0n) is 8.23. The topological polar surface area (TPSA) is 54.4 Å². The summed E-state index contributed by atoms with van der Waals surface area (Å²) in [5.74, 6) is 1.73. The summed E-state index contributed by atoms with van der Waals surface area (Å²) in [7, 11) is 0. The van der Waals surface area contributed by atoms with Crippen LogP contribution in [0, 0.1) is 0 Å². The van der Waals surface area contributed by atoms with E-state index >= 15 is 0 Å². The van der Waals surface area contributed by atoms with Crippen LogP contribution in [0.25, 0.3) is 0 Å². The summed E-state index contributed by atoms with van der Waals surface area (Å²) in [6.07, 6.45) is 1.80. The Morgan fingerprint density at radius 1 is 1.38 bits per heavy atom. The molecule has 1 aromatic heterocycles. The number of rotatable bonds is 1. The first-order valence-electron chi connectivity index (χ1n) is 4.79. The summed E-state index contributed by atoms with van der Waals surface area (Å²) in [5, 5.41) is 3.84. The first-order valence-corrected chi connectivity index (χ1v) is 6.77. The number of carbonyl (C=O) groups excluding carboxylic acids is 1. The number of oxime groups is 1. The predicted molar refractivity (Wildman–Crippen MR) is 65.4 cm³/mol. The minimum atomic E-state index is -0.346. The molecule has 6 heteroatoms. The van der Waals surface area contributed by atoms with Gasteiger partial charge in [0.1, 0.15) is 11.3 Å². The molecule has 82 valence electrons. The second kappa shape index (κ2) is 4.03. The molecule has 0 unspecified atom stereocenters. The largest absolute Gasteiger partial charge is 0.369 e. The van der Waals surface area contributed by atoms with E-state index in [9.17, 15) is 4.79 Å². The minimum Gasteiger partial charge on any atom is -0.360 e. The molecular formula is C10H8N2O2S2. The van der Waals surface area contributed by atoms with E-state index in [0.717, 1.165) is 21.4 Å². The summed E-state index contributed by atoms with van der Waals surface area (Å²) in [5.41, 5.74) is 2.04. The maximum absolute atomic E-state index is 11.6. The van der Waals surface area contributed by atoms with Gasteiger partial charge in [0, 0.05) is 17.7 Å². The van der Waals surface area contributed by atoms with Crippen molar-refractivity contribution in [1.82, 2.24) is 4.98 Å². The molecule has 16 heavy (non-hydrogen) atoms. The van der Waals surface area contributed by atoms with Crippen molar-refractivity contribution in [1.29, 1.82) is 0 Å². The number of aromatic amines is 1. The normalized spacial score (nSPS) is 20.2. The lowest BCUT2D eigenvalue weighted by molar-refractivity contribution is -0.136. The van der Waals surface area contributed by atoms with Crippen LogP contribution < -0.4 is 0 Å². The van der Waals surface area contributed by atoms with Gasteiger partial charge in [-0.2, -0.15) is 0 Å². The maximum Gasteiger partial charge on any atom is 0.369 e. The Labute approximate surface area is 100 Å². The Balaban J connectivity index is 2.06. The fourth-order valence-corrected chi connectivity index (χ4v) is 4.09. The van der Waals surface area contributed by atoms with Crippen molar-refractivity contribution in [2.45, 2.75) is 0 Å². The summed E-state index contributed by atoms with van der Waals surface area (Å²) in [6.45, 7) is 0. The van der Waals surface area contributed by atoms with Crippen LogP contribution in [0.1, 0.15) is 5.69 Å². The summed E-state index contributed by atoms with van der Waals surface area (Å²) >= 11 is 3.38. The molecule has 0 aliphatic carbocycles. The van der Waals surface area contributed by atoms with E-state index in [0.29, 0.717) is 11.3 Å². The quantitative estimate of drug-likeness (QED) is 0.613. The molecule has 0 saturated carbocycles. The number of nitrogens with one attached hydrogen (secondary N) is 1. The molecule has 1 saturated heterocycles. The molecule has 3 heterocycles. The number of hydrogen-bond acceptors (Lipinski definition) is 5. The first-order chi connectivity index (χ1) is 7.86. The highest BCUT2D eigenvalue weighted by molar-refractivity contribution is 8.25. The Hall–Kier alpha value is -1.14. The van der Waals surface area contributed by atoms with Crippen LogP contribution in [0.15, 0.2) is 33.3 Å². The van der Waals surface area contributed by atoms with Gasteiger partial charge in [0.25, 0.3) is 0 Å². The summed E-state index contributed by atoms with van der Waals surface area (Å²) in [4.78, 5) is 19.4. The number of carbonyl (C=O) groups is 1. The highest BCUT2D eigenvalue weighted by atomic mass is 32.2. The van der Waals surface area contributed by atoms with E-state index in [2.05, 4.69) is 10.1 Å². The van der Waals surface area contributed by atoms with Gasteiger partial charge in [-0.25, -0.2) is 4.79 Å². The van der Waals surface area contributed by atoms with E-state index in [1.165, 1.54) is 0 Å². The smallest absolute Gasteiger partial charge is 0.360 e. The van der Waals surface area contributed by atoms with Gasteiger partial charge in [-0.05, 0) is 12.1 Å². The van der Waals surface area contributed by atoms with E-state index in [1.807, 2.05) is 12.1 Å². The number of aromatic nitrogens is 1. The van der Waals surface area contributed by atoms with Crippen LogP contribution in [0.3, 0.4) is 0 Å². The molecule has 0 aromatic carbocycles. The van der Waals surface area contributed by atoms with Gasteiger partial charge in [-0.1, -0.05) is 5.16 Å². The molecular weight excluding hydrogens is 244 g/mol. The number of hydrogen-bond donors (Lipinski definition) is 1. The Morgan fingerprint density at radius 2 is 2.19 bits per heavy atom. The molecule has 1 aromatic rings. The van der Waals surface area contributed by atoms with Crippen LogP contribution in [0.2, 0.25) is 0 Å². The molecule has 3 rings (SSSR count). The Morgan fingerprint density at radius 3 is 2.88 bits per heavy atom. The van der Waals surface area contributed by atoms with Crippen molar-refractivity contribution in [3.05, 3.63) is 33.8 Å². The minimum absolute atomic E-state index is 0.346. The van der Waals surface area contributed by atoms with Gasteiger partial charge in [0.05, 0.1) is 9.93 Å². The van der Waals surface area contributed by atoms with Crippen molar-refractivity contribution in [3.63, 3.8) is 0 Å². The van der Waals surface area contributed by atoms with Crippen molar-refractivity contribution in [3.8, 4) is 0 Å². The first kappa shape index (κ1) is 10.0. The van der Waals surface area contributed by atoms with Crippen LogP contribution >= 0.6 is 23.5 Å². The van der Waals surface area contributed by atoms with Crippen LogP contribution in [0.4, 0.5) is 0 Å². The van der Waals surface area contributed by atoms with E-state index in [1.54, 1.807) is 29.7 Å². The van der Waals surface area contributed by atoms with E-state index in [4.69, 9.17) is 4.84 Å². The molecule has 0 radical (unpaired) electrons. The highest BCUT2D eigenvalue weighted by Gasteiger charge is 2.32. The molecule has 0 amide bonds. The highest BCUT2D eigenvalue weighted by Crippen LogP contribution is 2.40. The van der Waals surface area contributed by atoms with E-state index in [-0.39, 0.29) is 5.97 Å². The maximum atomic E-state index is 11.6. The van der Waals surface area contributed by atoms with Crippen LogP contribution in [-0.2, 0) is 9.63 Å². The number of thioether (sulfide) groups is 2. The van der Waals surface area contributed by atoms with Gasteiger partial charge in [0.15, 0.2) is 0 Å². The standard InChI is InChI=1S/C10H8N2O2S2/c13-9-7(10-15-4-5-16-10)8(12-14-9)6-2-1-3-11-6/h1-3,11H,4-5H2. The van der Waals surface area contributed by atoms with E-state index < -0.39 is 0 Å². The van der Waals surface area contributed by atoms with Gasteiger partial charge < -0.3 is 9.82 Å². The lowest BCUT2D eigenvalue weighted by Gasteiger charge is -2.00. The molecule has 0 atom stereocenters. The zero-order valence-corrected chi connectivity index (χ0v) is 9.86. The average Bonchev–Trinajstić information content (AvgIpc) is 2.96. The summed E-state index contributed by atoms with van der Waals surface area (Å²) in [6, 6.07) is 3.75. The fraction of sp³-hybridized carbons (Fsp3) is 0.200. The Kier molecular flexibility index (Phi) is 2.53. The van der Waals surface area contributed by atoms with Crippen molar-refractivity contribution < 1.29 is 9.63 Å². The third kappa shape index (κ3) is 1.58. The molecule has 2 aliphatic heterocycles. The van der Waals surface area contributed by atoms with Crippen molar-refractivity contribution in [2.75, 3.05) is 11.5 Å². The molecule has 2 aliphatic rings. The number of H-pyrrole nitrogens is 1. The summed E-state index contributed by atoms with van der Waals surface area (Å²) < 4.78 is 1.02. The predicted octanol–water partition coefficient (Wildman–Crippen LogP) is 1.97. The average molecular weight is 252 g/mol.